The number of azo groups is 1. The van der Waals surface area contributed by atoms with Gasteiger partial charge in [0.1, 0.15) is 0 Å². The molecular formula is C16H6Fe2N2O8. The van der Waals surface area contributed by atoms with Crippen molar-refractivity contribution in [2.75, 3.05) is 0 Å². The fraction of sp³-hybridized carbons (Fsp3) is 0. The van der Waals surface area contributed by atoms with E-state index >= 15 is 0 Å². The Kier molecular flexibility index (Phi) is 9.21. The summed E-state index contributed by atoms with van der Waals surface area (Å²) in [4.78, 5) is 43.6. The quantitative estimate of drug-likeness (QED) is 0.332. The third-order valence-corrected chi connectivity index (χ3v) is 3.06. The standard InChI is InChI=1S/C16H10N2O8.2Fe/c19-13(20)7-1-8(14(21)22)4-11(3-7)17-18-12-5-9(15(23)24)2-10(6-12)16(25)26;;/h1-6H,(H,19,20)(H,21,22)(H,23,24)(H,25,26);;/q;2*+2/p-4. The first-order chi connectivity index (χ1) is 12.2. The number of hydrogen-bond donors (Lipinski definition) is 0. The second-order valence-corrected chi connectivity index (χ2v) is 4.89. The van der Waals surface area contributed by atoms with Crippen LogP contribution in [0.1, 0.15) is 41.4 Å². The molecule has 0 aliphatic carbocycles. The minimum absolute atomic E-state index is 0. The maximum absolute atomic E-state index is 10.9. The molecule has 0 unspecified atom stereocenters. The number of carboxylic acid groups (broad SMARTS) is 4. The van der Waals surface area contributed by atoms with E-state index in [0.29, 0.717) is 0 Å². The van der Waals surface area contributed by atoms with Crippen molar-refractivity contribution in [3.63, 3.8) is 0 Å². The minimum atomic E-state index is -1.66. The van der Waals surface area contributed by atoms with Gasteiger partial charge in [0.05, 0.1) is 35.3 Å². The van der Waals surface area contributed by atoms with Gasteiger partial charge in [-0.05, 0) is 36.4 Å². The Bertz CT molecular complexity index is 833. The second-order valence-electron chi connectivity index (χ2n) is 4.89. The molecule has 2 rings (SSSR count). The molecule has 2 aromatic rings. The summed E-state index contributed by atoms with van der Waals surface area (Å²) in [7, 11) is 0. The maximum Gasteiger partial charge on any atom is 2.00 e. The van der Waals surface area contributed by atoms with Crippen LogP contribution in [0.5, 0.6) is 0 Å². The number of benzene rings is 2. The van der Waals surface area contributed by atoms with Crippen LogP contribution >= 0.6 is 0 Å². The van der Waals surface area contributed by atoms with Crippen LogP contribution in [-0.2, 0) is 34.1 Å². The predicted octanol–water partition coefficient (Wildman–Crippen LogP) is -2.45. The number of carboxylic acids is 4. The number of carbonyl (C=O) groups is 4. The van der Waals surface area contributed by atoms with Crippen LogP contribution in [0, 0.1) is 0 Å². The van der Waals surface area contributed by atoms with E-state index in [1.807, 2.05) is 0 Å². The Morgan fingerprint density at radius 3 is 0.893 bits per heavy atom. The van der Waals surface area contributed by atoms with Gasteiger partial charge in [0, 0.05) is 22.3 Å². The van der Waals surface area contributed by atoms with Crippen molar-refractivity contribution in [1.29, 1.82) is 0 Å². The van der Waals surface area contributed by atoms with E-state index in [-0.39, 0.29) is 45.5 Å². The maximum atomic E-state index is 10.9. The van der Waals surface area contributed by atoms with Crippen LogP contribution in [0.3, 0.4) is 0 Å². The fourth-order valence-corrected chi connectivity index (χ4v) is 1.92. The van der Waals surface area contributed by atoms with Gasteiger partial charge >= 0.3 is 34.1 Å². The van der Waals surface area contributed by atoms with E-state index < -0.39 is 46.1 Å². The Labute approximate surface area is 177 Å². The Balaban J connectivity index is 0.00000364. The Morgan fingerprint density at radius 1 is 0.500 bits per heavy atom. The van der Waals surface area contributed by atoms with Crippen LogP contribution in [0.2, 0.25) is 0 Å². The molecule has 0 heterocycles. The van der Waals surface area contributed by atoms with E-state index in [1.54, 1.807) is 0 Å². The molecule has 12 heteroatoms. The molecule has 144 valence electrons. The normalized spacial score (nSPS) is 9.86. The molecule has 0 N–H and O–H groups in total. The summed E-state index contributed by atoms with van der Waals surface area (Å²) >= 11 is 0. The van der Waals surface area contributed by atoms with E-state index in [1.165, 1.54) is 0 Å². The van der Waals surface area contributed by atoms with Crippen molar-refractivity contribution in [2.45, 2.75) is 0 Å². The number of rotatable bonds is 6. The zero-order valence-corrected chi connectivity index (χ0v) is 15.5. The molecule has 0 saturated carbocycles. The van der Waals surface area contributed by atoms with Gasteiger partial charge in [0.2, 0.25) is 0 Å². The van der Waals surface area contributed by atoms with Gasteiger partial charge in [-0.15, -0.1) is 0 Å². The molecule has 0 fully saturated rings. The third kappa shape index (κ3) is 6.29. The van der Waals surface area contributed by atoms with Gasteiger partial charge in [0.15, 0.2) is 0 Å². The summed E-state index contributed by atoms with van der Waals surface area (Å²) in [5, 5.41) is 50.8. The third-order valence-electron chi connectivity index (χ3n) is 3.06. The van der Waals surface area contributed by atoms with Crippen LogP contribution in [0.15, 0.2) is 46.6 Å². The summed E-state index contributed by atoms with van der Waals surface area (Å²) in [6.07, 6.45) is 0. The molecule has 10 nitrogen and oxygen atoms in total. The van der Waals surface area contributed by atoms with Crippen molar-refractivity contribution in [1.82, 2.24) is 0 Å². The molecule has 0 radical (unpaired) electrons. The monoisotopic (exact) mass is 466 g/mol. The number of hydrogen-bond acceptors (Lipinski definition) is 10. The summed E-state index contributed by atoms with van der Waals surface area (Å²) < 4.78 is 0. The van der Waals surface area contributed by atoms with E-state index in [9.17, 15) is 39.6 Å². The van der Waals surface area contributed by atoms with Gasteiger partial charge < -0.3 is 39.6 Å². The first-order valence-corrected chi connectivity index (χ1v) is 6.74. The van der Waals surface area contributed by atoms with Crippen molar-refractivity contribution in [3.8, 4) is 0 Å². The van der Waals surface area contributed by atoms with E-state index in [4.69, 9.17) is 0 Å². The molecular weight excluding hydrogens is 460 g/mol. The summed E-state index contributed by atoms with van der Waals surface area (Å²) in [6.45, 7) is 0. The zero-order chi connectivity index (χ0) is 19.4. The molecule has 0 bridgehead atoms. The Morgan fingerprint density at radius 2 is 0.714 bits per heavy atom. The van der Waals surface area contributed by atoms with Crippen molar-refractivity contribution in [3.05, 3.63) is 58.7 Å². The first-order valence-electron chi connectivity index (χ1n) is 6.74. The molecule has 28 heavy (non-hydrogen) atoms. The molecule has 2 aromatic carbocycles. The average Bonchev–Trinajstić information content (AvgIpc) is 2.59. The van der Waals surface area contributed by atoms with Crippen LogP contribution in [0.25, 0.3) is 0 Å². The van der Waals surface area contributed by atoms with Gasteiger partial charge in [-0.1, -0.05) is 0 Å². The SMILES string of the molecule is O=C([O-])c1cc(N=Nc2cc(C(=O)[O-])cc(C(=O)[O-])c2)cc(C(=O)[O-])c1.[Fe+2].[Fe+2]. The molecule has 0 aromatic heterocycles. The van der Waals surface area contributed by atoms with Gasteiger partial charge in [0.25, 0.3) is 0 Å². The molecule has 0 aliphatic heterocycles. The Hall–Kier alpha value is -3.04. The molecule has 0 spiro atoms. The summed E-state index contributed by atoms with van der Waals surface area (Å²) in [5.41, 5.74) is -2.45. The smallest absolute Gasteiger partial charge is 0.545 e. The van der Waals surface area contributed by atoms with Gasteiger partial charge in [-0.25, -0.2) is 0 Å². The fourth-order valence-electron chi connectivity index (χ4n) is 1.92. The number of aromatic carboxylic acids is 4. The van der Waals surface area contributed by atoms with Crippen LogP contribution in [-0.4, -0.2) is 23.9 Å². The number of carbonyl (C=O) groups excluding carboxylic acids is 4. The van der Waals surface area contributed by atoms with Gasteiger partial charge in [-0.3, -0.25) is 0 Å². The predicted molar refractivity (Wildman–Crippen MR) is 74.4 cm³/mol. The summed E-state index contributed by atoms with van der Waals surface area (Å²) in [5.74, 6) is -6.66. The topological polar surface area (TPSA) is 185 Å². The average molecular weight is 466 g/mol. The van der Waals surface area contributed by atoms with E-state index in [0.717, 1.165) is 36.4 Å². The molecule has 0 aliphatic rings. The van der Waals surface area contributed by atoms with Crippen molar-refractivity contribution >= 4 is 35.3 Å². The number of nitrogens with zero attached hydrogens (tertiary/aromatic N) is 2. The second kappa shape index (κ2) is 10.3. The van der Waals surface area contributed by atoms with Crippen LogP contribution in [0.4, 0.5) is 11.4 Å². The van der Waals surface area contributed by atoms with Crippen LogP contribution < -0.4 is 20.4 Å². The largest absolute Gasteiger partial charge is 2.00 e. The van der Waals surface area contributed by atoms with E-state index in [2.05, 4.69) is 10.2 Å². The molecule has 0 amide bonds. The van der Waals surface area contributed by atoms with Crippen molar-refractivity contribution in [2.24, 2.45) is 10.2 Å². The minimum Gasteiger partial charge on any atom is -0.545 e. The zero-order valence-electron chi connectivity index (χ0n) is 13.3. The molecule has 0 atom stereocenters. The van der Waals surface area contributed by atoms with Crippen molar-refractivity contribution < 1.29 is 73.7 Å². The first kappa shape index (κ1) is 25.0. The molecule has 0 saturated heterocycles. The van der Waals surface area contributed by atoms with Gasteiger partial charge in [-0.2, -0.15) is 10.2 Å². The summed E-state index contributed by atoms with van der Waals surface area (Å²) in [6, 6.07) is 5.41.